The Morgan fingerprint density at radius 3 is 2.12 bits per heavy atom. The minimum Gasteiger partial charge on any atom is -0.504 e. The fourth-order valence-electron chi connectivity index (χ4n) is 5.18. The molecule has 4 heterocycles. The number of fused-ring (bicyclic) bond motifs is 3. The molecule has 0 spiro atoms. The molecule has 1 fully saturated rings. The summed E-state index contributed by atoms with van der Waals surface area (Å²) in [4.78, 5) is 36.7. The lowest BCUT2D eigenvalue weighted by Gasteiger charge is -2.39. The van der Waals surface area contributed by atoms with Crippen LogP contribution in [0.15, 0.2) is 100 Å². The molecule has 1 aliphatic rings. The summed E-state index contributed by atoms with van der Waals surface area (Å²) in [6.07, 6.45) is -8.22. The second-order valence-electron chi connectivity index (χ2n) is 10.8. The van der Waals surface area contributed by atoms with Crippen LogP contribution in [0.4, 0.5) is 0 Å². The quantitative estimate of drug-likeness (QED) is 0.155. The van der Waals surface area contributed by atoms with Gasteiger partial charge in [0.25, 0.3) is 0 Å². The van der Waals surface area contributed by atoms with Crippen molar-refractivity contribution in [3.05, 3.63) is 104 Å². The van der Waals surface area contributed by atoms with E-state index in [-0.39, 0.29) is 50.9 Å². The van der Waals surface area contributed by atoms with E-state index in [1.165, 1.54) is 54.6 Å². The van der Waals surface area contributed by atoms with Gasteiger partial charge in [-0.25, -0.2) is 14.4 Å². The van der Waals surface area contributed by atoms with Gasteiger partial charge < -0.3 is 57.7 Å². The first kappa shape index (κ1) is 30.9. The molecule has 1 saturated heterocycles. The Kier molecular flexibility index (Phi) is 7.82. The molecule has 0 radical (unpaired) electrons. The Morgan fingerprint density at radius 1 is 0.646 bits per heavy atom. The van der Waals surface area contributed by atoms with Gasteiger partial charge in [-0.15, -0.1) is 0 Å². The van der Waals surface area contributed by atoms with Crippen molar-refractivity contribution in [1.29, 1.82) is 0 Å². The third-order valence-electron chi connectivity index (χ3n) is 7.62. The van der Waals surface area contributed by atoms with Crippen LogP contribution < -0.4 is 31.1 Å². The molecule has 0 amide bonds. The lowest BCUT2D eigenvalue weighted by atomic mass is 9.99. The maximum absolute atomic E-state index is 13.0. The molecule has 1 aliphatic heterocycles. The monoisotopic (exact) mass is 660 g/mol. The molecule has 7 rings (SSSR count). The third kappa shape index (κ3) is 5.72. The Morgan fingerprint density at radius 2 is 1.33 bits per heavy atom. The summed E-state index contributed by atoms with van der Waals surface area (Å²) in [5, 5.41) is 52.7. The lowest BCUT2D eigenvalue weighted by Crippen LogP contribution is -2.60. The van der Waals surface area contributed by atoms with Crippen molar-refractivity contribution in [1.82, 2.24) is 0 Å². The van der Waals surface area contributed by atoms with Crippen LogP contribution in [0, 0.1) is 0 Å². The van der Waals surface area contributed by atoms with E-state index < -0.39 is 59.9 Å². The van der Waals surface area contributed by atoms with Gasteiger partial charge in [-0.3, -0.25) is 0 Å². The van der Waals surface area contributed by atoms with Crippen molar-refractivity contribution in [3.63, 3.8) is 0 Å². The van der Waals surface area contributed by atoms with E-state index in [0.717, 1.165) is 0 Å². The number of benzene rings is 3. The summed E-state index contributed by atoms with van der Waals surface area (Å²) >= 11 is 0. The molecule has 6 aromatic rings. The van der Waals surface area contributed by atoms with Gasteiger partial charge in [0, 0.05) is 40.4 Å². The molecule has 15 nitrogen and oxygen atoms in total. The first-order valence-corrected chi connectivity index (χ1v) is 14.3. The number of rotatable bonds is 7. The Bertz CT molecular complexity index is 2360. The first-order valence-electron chi connectivity index (χ1n) is 14.3. The van der Waals surface area contributed by atoms with Gasteiger partial charge in [-0.05, 0) is 48.5 Å². The van der Waals surface area contributed by atoms with Crippen molar-refractivity contribution in [2.75, 3.05) is 6.61 Å². The number of hydrogen-bond donors (Lipinski definition) is 5. The topological polar surface area (TPSA) is 229 Å². The van der Waals surface area contributed by atoms with Crippen molar-refractivity contribution in [3.8, 4) is 34.5 Å². The van der Waals surface area contributed by atoms with E-state index in [9.17, 15) is 39.9 Å². The van der Waals surface area contributed by atoms with Crippen LogP contribution in [-0.2, 0) is 4.74 Å². The molecule has 3 aromatic heterocycles. The molecule has 0 saturated carbocycles. The van der Waals surface area contributed by atoms with Gasteiger partial charge in [0.05, 0.1) is 6.61 Å². The Hall–Kier alpha value is -5.71. The number of ether oxygens (including phenoxy) is 4. The third-order valence-corrected chi connectivity index (χ3v) is 7.62. The molecule has 3 aromatic carbocycles. The molecule has 0 bridgehead atoms. The predicted octanol–water partition coefficient (Wildman–Crippen LogP) is 2.47. The zero-order chi connectivity index (χ0) is 33.7. The average Bonchev–Trinajstić information content (AvgIpc) is 3.07. The SMILES string of the molecule is O=c1ccc2ccc(Oc3cc4cc(OC5OC(CO)C(O)C(O)C5O)c(Oc5c(O)ccc6ccc(=O)oc56)cc4oc3=O)cc2o1. The molecule has 246 valence electrons. The molecular formula is C33H24O15. The van der Waals surface area contributed by atoms with Gasteiger partial charge in [-0.1, -0.05) is 0 Å². The summed E-state index contributed by atoms with van der Waals surface area (Å²) in [6.45, 7) is -0.723. The van der Waals surface area contributed by atoms with Crippen LogP contribution in [-0.4, -0.2) is 62.8 Å². The number of aliphatic hydroxyl groups is 4. The summed E-state index contributed by atoms with van der Waals surface area (Å²) in [5.74, 6) is -1.33. The summed E-state index contributed by atoms with van der Waals surface area (Å²) in [7, 11) is 0. The zero-order valence-electron chi connectivity index (χ0n) is 24.3. The van der Waals surface area contributed by atoms with Gasteiger partial charge in [-0.2, -0.15) is 0 Å². The van der Waals surface area contributed by atoms with Crippen LogP contribution in [0.1, 0.15) is 0 Å². The van der Waals surface area contributed by atoms with Crippen molar-refractivity contribution >= 4 is 32.9 Å². The largest absolute Gasteiger partial charge is 0.504 e. The van der Waals surface area contributed by atoms with E-state index in [1.807, 2.05) is 0 Å². The highest BCUT2D eigenvalue weighted by Crippen LogP contribution is 2.43. The maximum atomic E-state index is 13.0. The maximum Gasteiger partial charge on any atom is 0.379 e. The Labute approximate surface area is 266 Å². The molecule has 48 heavy (non-hydrogen) atoms. The standard InChI is InChI=1S/C33H24O15/c34-13-24-27(38)28(39)29(40)33(47-24)46-21-9-16-10-23(42-17-5-1-14-3-7-25(36)43-19(14)11-17)32(41)45-20(16)12-22(21)44-31-18(35)6-2-15-4-8-26(37)48-30(15)31/h1-12,24,27-29,33-35,38-40H,13H2. The lowest BCUT2D eigenvalue weighted by molar-refractivity contribution is -0.277. The van der Waals surface area contributed by atoms with E-state index in [4.69, 9.17) is 32.2 Å². The van der Waals surface area contributed by atoms with E-state index >= 15 is 0 Å². The number of hydrogen-bond acceptors (Lipinski definition) is 15. The van der Waals surface area contributed by atoms with Crippen molar-refractivity contribution < 1.29 is 57.7 Å². The molecular weight excluding hydrogens is 636 g/mol. The molecule has 5 unspecified atom stereocenters. The molecule has 0 aliphatic carbocycles. The number of phenolic OH excluding ortho intramolecular Hbond substituents is 1. The van der Waals surface area contributed by atoms with Gasteiger partial charge in [0.1, 0.15) is 41.3 Å². The average molecular weight is 661 g/mol. The van der Waals surface area contributed by atoms with Crippen LogP contribution in [0.2, 0.25) is 0 Å². The first-order chi connectivity index (χ1) is 23.1. The summed E-state index contributed by atoms with van der Waals surface area (Å²) < 4.78 is 39.1. The van der Waals surface area contributed by atoms with Gasteiger partial charge in [0.15, 0.2) is 22.8 Å². The highest BCUT2D eigenvalue weighted by atomic mass is 16.7. The zero-order valence-corrected chi connectivity index (χ0v) is 24.3. The molecule has 5 N–H and O–H groups in total. The summed E-state index contributed by atoms with van der Waals surface area (Å²) in [5.41, 5.74) is -2.19. The number of phenols is 1. The molecule has 5 atom stereocenters. The van der Waals surface area contributed by atoms with E-state index in [1.54, 1.807) is 18.2 Å². The Balaban J connectivity index is 1.33. The smallest absolute Gasteiger partial charge is 0.379 e. The minimum atomic E-state index is -1.81. The van der Waals surface area contributed by atoms with Crippen LogP contribution >= 0.6 is 0 Å². The van der Waals surface area contributed by atoms with Crippen LogP contribution in [0.3, 0.4) is 0 Å². The second kappa shape index (κ2) is 12.1. The highest BCUT2D eigenvalue weighted by Gasteiger charge is 2.45. The van der Waals surface area contributed by atoms with E-state index in [2.05, 4.69) is 0 Å². The fourth-order valence-corrected chi connectivity index (χ4v) is 5.18. The number of aliphatic hydroxyl groups excluding tert-OH is 4. The fraction of sp³-hybridized carbons (Fsp3) is 0.182. The normalized spacial score (nSPS) is 21.0. The summed E-state index contributed by atoms with van der Waals surface area (Å²) in [6, 6.07) is 16.6. The van der Waals surface area contributed by atoms with Crippen LogP contribution in [0.25, 0.3) is 32.9 Å². The number of aromatic hydroxyl groups is 1. The van der Waals surface area contributed by atoms with Crippen molar-refractivity contribution in [2.45, 2.75) is 30.7 Å². The molecule has 15 heteroatoms. The highest BCUT2D eigenvalue weighted by molar-refractivity contribution is 5.87. The van der Waals surface area contributed by atoms with Gasteiger partial charge >= 0.3 is 16.9 Å². The minimum absolute atomic E-state index is 0.0609. The van der Waals surface area contributed by atoms with Crippen LogP contribution in [0.5, 0.6) is 34.5 Å². The predicted molar refractivity (Wildman–Crippen MR) is 164 cm³/mol. The van der Waals surface area contributed by atoms with Gasteiger partial charge in [0.2, 0.25) is 17.8 Å². The van der Waals surface area contributed by atoms with Crippen molar-refractivity contribution in [2.24, 2.45) is 0 Å². The second-order valence-corrected chi connectivity index (χ2v) is 10.8. The van der Waals surface area contributed by atoms with E-state index in [0.29, 0.717) is 10.8 Å².